The van der Waals surface area contributed by atoms with Crippen molar-refractivity contribution in [2.75, 3.05) is 31.6 Å². The predicted octanol–water partition coefficient (Wildman–Crippen LogP) is 2.59. The van der Waals surface area contributed by atoms with Gasteiger partial charge in [0.2, 0.25) is 15.9 Å². The lowest BCUT2D eigenvalue weighted by Gasteiger charge is -2.26. The highest BCUT2D eigenvalue weighted by Crippen LogP contribution is 2.19. The fourth-order valence-electron chi connectivity index (χ4n) is 2.88. The summed E-state index contributed by atoms with van der Waals surface area (Å²) >= 11 is 0. The molecule has 0 saturated carbocycles. The van der Waals surface area contributed by atoms with Crippen molar-refractivity contribution in [2.24, 2.45) is 0 Å². The van der Waals surface area contributed by atoms with Crippen LogP contribution < -0.4 is 5.32 Å². The van der Waals surface area contributed by atoms with Crippen molar-refractivity contribution in [3.05, 3.63) is 59.7 Å². The van der Waals surface area contributed by atoms with Gasteiger partial charge in [0.05, 0.1) is 18.1 Å². The monoisotopic (exact) mass is 388 g/mol. The Kier molecular flexibility index (Phi) is 6.26. The number of sulfonamides is 1. The van der Waals surface area contributed by atoms with E-state index in [9.17, 15) is 13.2 Å². The van der Waals surface area contributed by atoms with E-state index >= 15 is 0 Å². The van der Waals surface area contributed by atoms with Crippen LogP contribution in [0.5, 0.6) is 0 Å². The van der Waals surface area contributed by atoms with Gasteiger partial charge in [-0.3, -0.25) is 4.79 Å². The number of benzene rings is 2. The molecule has 144 valence electrons. The fourth-order valence-corrected chi connectivity index (χ4v) is 4.29. The Morgan fingerprint density at radius 2 is 1.67 bits per heavy atom. The summed E-state index contributed by atoms with van der Waals surface area (Å²) in [5.74, 6) is -0.0978. The number of ether oxygens (including phenoxy) is 1. The Hall–Kier alpha value is -2.22. The molecule has 2 aromatic rings. The molecule has 3 rings (SSSR count). The molecule has 7 heteroatoms. The van der Waals surface area contributed by atoms with Gasteiger partial charge in [0.15, 0.2) is 0 Å². The van der Waals surface area contributed by atoms with Crippen molar-refractivity contribution in [1.29, 1.82) is 0 Å². The first kappa shape index (κ1) is 19.5. The predicted molar refractivity (Wildman–Crippen MR) is 104 cm³/mol. The number of carbonyl (C=O) groups is 1. The largest absolute Gasteiger partial charge is 0.379 e. The SMILES string of the molecule is Cc1ccc(CCC(=O)Nc2ccc(S(=O)(=O)N3CCOCC3)cc2)cc1. The lowest BCUT2D eigenvalue weighted by Crippen LogP contribution is -2.40. The van der Waals surface area contributed by atoms with E-state index in [4.69, 9.17) is 4.74 Å². The molecular formula is C20H24N2O4S. The van der Waals surface area contributed by atoms with Crippen molar-refractivity contribution >= 4 is 21.6 Å². The first-order chi connectivity index (χ1) is 12.9. The smallest absolute Gasteiger partial charge is 0.243 e. The number of morpholine rings is 1. The van der Waals surface area contributed by atoms with Gasteiger partial charge in [0.25, 0.3) is 0 Å². The molecule has 0 bridgehead atoms. The number of nitrogens with zero attached hydrogens (tertiary/aromatic N) is 1. The Balaban J connectivity index is 1.56. The van der Waals surface area contributed by atoms with Crippen LogP contribution in [0.15, 0.2) is 53.4 Å². The third-order valence-electron chi connectivity index (χ3n) is 4.51. The van der Waals surface area contributed by atoms with Crippen LogP contribution in [0.25, 0.3) is 0 Å². The molecule has 2 aromatic carbocycles. The molecule has 0 radical (unpaired) electrons. The van der Waals surface area contributed by atoms with Gasteiger partial charge in [-0.25, -0.2) is 8.42 Å². The first-order valence-electron chi connectivity index (χ1n) is 8.98. The van der Waals surface area contributed by atoms with E-state index in [0.29, 0.717) is 44.8 Å². The Morgan fingerprint density at radius 3 is 2.30 bits per heavy atom. The van der Waals surface area contributed by atoms with Gasteiger partial charge in [-0.15, -0.1) is 0 Å². The van der Waals surface area contributed by atoms with Gasteiger partial charge in [0, 0.05) is 25.2 Å². The van der Waals surface area contributed by atoms with Crippen LogP contribution in [0.3, 0.4) is 0 Å². The van der Waals surface area contributed by atoms with E-state index < -0.39 is 10.0 Å². The van der Waals surface area contributed by atoms with Crippen LogP contribution >= 0.6 is 0 Å². The van der Waals surface area contributed by atoms with Crippen molar-refractivity contribution in [1.82, 2.24) is 4.31 Å². The highest BCUT2D eigenvalue weighted by Gasteiger charge is 2.26. The van der Waals surface area contributed by atoms with E-state index in [-0.39, 0.29) is 10.8 Å². The third kappa shape index (κ3) is 5.15. The number of carbonyl (C=O) groups excluding carboxylic acids is 1. The quantitative estimate of drug-likeness (QED) is 0.825. The summed E-state index contributed by atoms with van der Waals surface area (Å²) in [6.07, 6.45) is 1.03. The van der Waals surface area contributed by atoms with Crippen molar-refractivity contribution in [3.63, 3.8) is 0 Å². The lowest BCUT2D eigenvalue weighted by molar-refractivity contribution is -0.116. The van der Waals surface area contributed by atoms with E-state index in [1.165, 1.54) is 22.0 Å². The topological polar surface area (TPSA) is 75.7 Å². The minimum Gasteiger partial charge on any atom is -0.379 e. The molecule has 1 heterocycles. The second-order valence-electron chi connectivity index (χ2n) is 6.57. The summed E-state index contributed by atoms with van der Waals surface area (Å²) in [5, 5.41) is 2.81. The second-order valence-corrected chi connectivity index (χ2v) is 8.51. The summed E-state index contributed by atoms with van der Waals surface area (Å²) in [4.78, 5) is 12.4. The highest BCUT2D eigenvalue weighted by atomic mass is 32.2. The molecule has 1 aliphatic rings. The van der Waals surface area contributed by atoms with Gasteiger partial charge >= 0.3 is 0 Å². The van der Waals surface area contributed by atoms with Crippen LogP contribution in [0.1, 0.15) is 17.5 Å². The van der Waals surface area contributed by atoms with Gasteiger partial charge in [0.1, 0.15) is 0 Å². The number of anilines is 1. The van der Waals surface area contributed by atoms with Crippen LogP contribution in [-0.4, -0.2) is 44.9 Å². The molecule has 1 N–H and O–H groups in total. The molecule has 6 nitrogen and oxygen atoms in total. The molecule has 1 saturated heterocycles. The van der Waals surface area contributed by atoms with Gasteiger partial charge in [-0.05, 0) is 43.2 Å². The molecule has 0 unspecified atom stereocenters. The van der Waals surface area contributed by atoms with Crippen LogP contribution in [-0.2, 0) is 26.0 Å². The Bertz CT molecular complexity index is 871. The maximum absolute atomic E-state index is 12.6. The molecule has 27 heavy (non-hydrogen) atoms. The molecular weight excluding hydrogens is 364 g/mol. The average Bonchev–Trinajstić information content (AvgIpc) is 2.69. The van der Waals surface area contributed by atoms with Crippen molar-refractivity contribution in [3.8, 4) is 0 Å². The number of amides is 1. The Labute approximate surface area is 160 Å². The zero-order valence-corrected chi connectivity index (χ0v) is 16.2. The van der Waals surface area contributed by atoms with Crippen molar-refractivity contribution in [2.45, 2.75) is 24.7 Å². The second kappa shape index (κ2) is 8.65. The van der Waals surface area contributed by atoms with Gasteiger partial charge < -0.3 is 10.1 Å². The number of nitrogens with one attached hydrogen (secondary N) is 1. The van der Waals surface area contributed by atoms with Crippen LogP contribution in [0.2, 0.25) is 0 Å². The van der Waals surface area contributed by atoms with Gasteiger partial charge in [-0.2, -0.15) is 4.31 Å². The normalized spacial score (nSPS) is 15.4. The number of hydrogen-bond donors (Lipinski definition) is 1. The first-order valence-corrected chi connectivity index (χ1v) is 10.4. The fraction of sp³-hybridized carbons (Fsp3) is 0.350. The van der Waals surface area contributed by atoms with E-state index in [0.717, 1.165) is 5.56 Å². The summed E-state index contributed by atoms with van der Waals surface area (Å²) < 4.78 is 31.8. The lowest BCUT2D eigenvalue weighted by atomic mass is 10.1. The maximum atomic E-state index is 12.6. The molecule has 0 atom stereocenters. The minimum absolute atomic E-state index is 0.0978. The van der Waals surface area contributed by atoms with Gasteiger partial charge in [-0.1, -0.05) is 29.8 Å². The Morgan fingerprint density at radius 1 is 1.04 bits per heavy atom. The minimum atomic E-state index is -3.52. The highest BCUT2D eigenvalue weighted by molar-refractivity contribution is 7.89. The number of hydrogen-bond acceptors (Lipinski definition) is 4. The molecule has 0 spiro atoms. The summed E-state index contributed by atoms with van der Waals surface area (Å²) in [6, 6.07) is 14.4. The summed E-state index contributed by atoms with van der Waals surface area (Å²) in [7, 11) is -3.52. The molecule has 1 amide bonds. The standard InChI is InChI=1S/C20H24N2O4S/c1-16-2-4-17(5-3-16)6-11-20(23)21-18-7-9-19(10-8-18)27(24,25)22-12-14-26-15-13-22/h2-5,7-10H,6,11-15H2,1H3,(H,21,23). The molecule has 1 fully saturated rings. The number of rotatable bonds is 6. The molecule has 1 aliphatic heterocycles. The summed E-state index contributed by atoms with van der Waals surface area (Å²) in [6.45, 7) is 3.57. The summed E-state index contributed by atoms with van der Waals surface area (Å²) in [5.41, 5.74) is 2.89. The van der Waals surface area contributed by atoms with E-state index in [1.807, 2.05) is 31.2 Å². The van der Waals surface area contributed by atoms with Crippen LogP contribution in [0.4, 0.5) is 5.69 Å². The van der Waals surface area contributed by atoms with Crippen molar-refractivity contribution < 1.29 is 17.9 Å². The number of aryl methyl sites for hydroxylation is 2. The zero-order valence-electron chi connectivity index (χ0n) is 15.3. The average molecular weight is 388 g/mol. The van der Waals surface area contributed by atoms with E-state index in [2.05, 4.69) is 5.32 Å². The molecule has 0 aliphatic carbocycles. The maximum Gasteiger partial charge on any atom is 0.243 e. The van der Waals surface area contributed by atoms with Crippen LogP contribution in [0, 0.1) is 6.92 Å². The molecule has 0 aromatic heterocycles. The van der Waals surface area contributed by atoms with E-state index in [1.54, 1.807) is 12.1 Å². The zero-order chi connectivity index (χ0) is 19.3. The third-order valence-corrected chi connectivity index (χ3v) is 6.42.